The highest BCUT2D eigenvalue weighted by Gasteiger charge is 2.25. The van der Waals surface area contributed by atoms with Gasteiger partial charge in [0.2, 0.25) is 0 Å². The topological polar surface area (TPSA) is 79.6 Å². The minimum Gasteiger partial charge on any atom is -0.347 e. The zero-order valence-corrected chi connectivity index (χ0v) is 19.6. The van der Waals surface area contributed by atoms with Gasteiger partial charge in [-0.1, -0.05) is 26.0 Å². The van der Waals surface area contributed by atoms with Gasteiger partial charge in [0.05, 0.1) is 5.52 Å². The molecule has 1 fully saturated rings. The van der Waals surface area contributed by atoms with Gasteiger partial charge in [0, 0.05) is 36.9 Å². The molecule has 7 heteroatoms. The molecule has 7 nitrogen and oxygen atoms in total. The summed E-state index contributed by atoms with van der Waals surface area (Å²) in [6, 6.07) is 15.0. The number of aromatic nitrogens is 3. The van der Waals surface area contributed by atoms with Gasteiger partial charge in [0.15, 0.2) is 0 Å². The molecular weight excluding hydrogens is 426 g/mol. The predicted octanol–water partition coefficient (Wildman–Crippen LogP) is 3.79. The lowest BCUT2D eigenvalue weighted by Gasteiger charge is -2.36. The molecule has 0 unspecified atom stereocenters. The first kappa shape index (κ1) is 22.2. The fourth-order valence-corrected chi connectivity index (χ4v) is 4.44. The van der Waals surface area contributed by atoms with Crippen LogP contribution >= 0.6 is 0 Å². The number of carbonyl (C=O) groups excluding carboxylic acids is 1. The number of pyridine rings is 2. The third-order valence-electron chi connectivity index (χ3n) is 6.67. The summed E-state index contributed by atoms with van der Waals surface area (Å²) in [6.07, 6.45) is 5.86. The number of amides is 1. The lowest BCUT2D eigenvalue weighted by Crippen LogP contribution is -2.36. The molecule has 0 saturated carbocycles. The van der Waals surface area contributed by atoms with Crippen molar-refractivity contribution >= 4 is 22.5 Å². The zero-order valence-electron chi connectivity index (χ0n) is 19.6. The molecule has 174 valence electrons. The van der Waals surface area contributed by atoms with E-state index in [1.165, 1.54) is 28.9 Å². The fraction of sp³-hybridized carbons (Fsp3) is 0.333. The summed E-state index contributed by atoms with van der Waals surface area (Å²) in [5.74, 6) is -0.384. The van der Waals surface area contributed by atoms with Crippen LogP contribution < -0.4 is 10.9 Å². The molecule has 4 aromatic rings. The van der Waals surface area contributed by atoms with E-state index in [2.05, 4.69) is 58.3 Å². The summed E-state index contributed by atoms with van der Waals surface area (Å²) >= 11 is 0. The smallest absolute Gasteiger partial charge is 0.270 e. The van der Waals surface area contributed by atoms with Crippen LogP contribution in [0.4, 0.5) is 0 Å². The van der Waals surface area contributed by atoms with Crippen molar-refractivity contribution < 1.29 is 4.79 Å². The number of rotatable bonds is 5. The largest absolute Gasteiger partial charge is 0.347 e. The van der Waals surface area contributed by atoms with Gasteiger partial charge < -0.3 is 5.32 Å². The lowest BCUT2D eigenvalue weighted by molar-refractivity contribution is 0.0946. The normalized spacial score (nSPS) is 16.1. The number of piperidine rings is 1. The van der Waals surface area contributed by atoms with Crippen molar-refractivity contribution in [1.82, 2.24) is 24.6 Å². The second-order valence-corrected chi connectivity index (χ2v) is 9.90. The molecule has 1 aromatic carbocycles. The van der Waals surface area contributed by atoms with E-state index in [-0.39, 0.29) is 17.2 Å². The van der Waals surface area contributed by atoms with Gasteiger partial charge in [-0.15, -0.1) is 0 Å². The van der Waals surface area contributed by atoms with E-state index in [0.717, 1.165) is 36.1 Å². The number of hydrogen-bond acceptors (Lipinski definition) is 5. The van der Waals surface area contributed by atoms with Crippen molar-refractivity contribution in [3.63, 3.8) is 0 Å². The molecular formula is C27H29N5O2. The van der Waals surface area contributed by atoms with E-state index in [1.54, 1.807) is 30.6 Å². The van der Waals surface area contributed by atoms with E-state index < -0.39 is 0 Å². The van der Waals surface area contributed by atoms with Gasteiger partial charge >= 0.3 is 0 Å². The minimum atomic E-state index is -0.384. The lowest BCUT2D eigenvalue weighted by atomic mass is 9.82. The molecule has 3 aromatic heterocycles. The molecule has 1 N–H and O–H groups in total. The van der Waals surface area contributed by atoms with Crippen LogP contribution in [0, 0.1) is 5.41 Å². The highest BCUT2D eigenvalue weighted by atomic mass is 16.2. The average Bonchev–Trinajstić information content (AvgIpc) is 2.83. The quantitative estimate of drug-likeness (QED) is 0.495. The number of benzene rings is 1. The monoisotopic (exact) mass is 455 g/mol. The van der Waals surface area contributed by atoms with E-state index in [1.807, 2.05) is 0 Å². The average molecular weight is 456 g/mol. The summed E-state index contributed by atoms with van der Waals surface area (Å²) in [4.78, 5) is 36.3. The van der Waals surface area contributed by atoms with Crippen LogP contribution in [0.5, 0.6) is 0 Å². The Bertz CT molecular complexity index is 1420. The van der Waals surface area contributed by atoms with Crippen molar-refractivity contribution in [3.05, 3.63) is 88.1 Å². The molecule has 4 heterocycles. The fourth-order valence-electron chi connectivity index (χ4n) is 4.44. The third kappa shape index (κ3) is 4.84. The van der Waals surface area contributed by atoms with Crippen LogP contribution in [0.1, 0.15) is 48.3 Å². The van der Waals surface area contributed by atoms with E-state index >= 15 is 0 Å². The first-order chi connectivity index (χ1) is 16.4. The summed E-state index contributed by atoms with van der Waals surface area (Å²) in [5, 5.41) is 3.92. The molecule has 5 rings (SSSR count). The van der Waals surface area contributed by atoms with Gasteiger partial charge in [-0.3, -0.25) is 23.9 Å². The van der Waals surface area contributed by atoms with Gasteiger partial charge in [0.25, 0.3) is 11.5 Å². The van der Waals surface area contributed by atoms with Crippen LogP contribution in [0.25, 0.3) is 16.6 Å². The second kappa shape index (κ2) is 8.99. The molecule has 1 aliphatic heterocycles. The Morgan fingerprint density at radius 3 is 2.68 bits per heavy atom. The Morgan fingerprint density at radius 1 is 1.06 bits per heavy atom. The molecule has 1 saturated heterocycles. The first-order valence-electron chi connectivity index (χ1n) is 11.7. The van der Waals surface area contributed by atoms with Crippen LogP contribution in [0.3, 0.4) is 0 Å². The molecule has 0 aliphatic carbocycles. The van der Waals surface area contributed by atoms with Crippen molar-refractivity contribution in [1.29, 1.82) is 0 Å². The first-order valence-corrected chi connectivity index (χ1v) is 11.7. The van der Waals surface area contributed by atoms with Gasteiger partial charge in [-0.05, 0) is 72.8 Å². The van der Waals surface area contributed by atoms with Gasteiger partial charge in [0.1, 0.15) is 11.3 Å². The molecule has 0 atom stereocenters. The Morgan fingerprint density at radius 2 is 1.85 bits per heavy atom. The second-order valence-electron chi connectivity index (χ2n) is 9.90. The molecule has 0 radical (unpaired) electrons. The summed E-state index contributed by atoms with van der Waals surface area (Å²) in [6.45, 7) is 8.20. The van der Waals surface area contributed by atoms with Crippen molar-refractivity contribution in [2.24, 2.45) is 5.41 Å². The summed E-state index contributed by atoms with van der Waals surface area (Å²) in [7, 11) is 0. The van der Waals surface area contributed by atoms with Crippen molar-refractivity contribution in [2.75, 3.05) is 13.1 Å². The van der Waals surface area contributed by atoms with Crippen LogP contribution in [-0.4, -0.2) is 38.3 Å². The van der Waals surface area contributed by atoms with E-state index in [9.17, 15) is 9.59 Å². The Kier molecular flexibility index (Phi) is 5.87. The Hall–Kier alpha value is -3.58. The highest BCUT2D eigenvalue weighted by molar-refractivity contribution is 5.92. The maximum Gasteiger partial charge on any atom is 0.270 e. The third-order valence-corrected chi connectivity index (χ3v) is 6.67. The van der Waals surface area contributed by atoms with E-state index in [0.29, 0.717) is 17.6 Å². The summed E-state index contributed by atoms with van der Waals surface area (Å²) < 4.78 is 1.41. The highest BCUT2D eigenvalue weighted by Crippen LogP contribution is 2.30. The number of carbonyl (C=O) groups is 1. The number of hydrogen-bond donors (Lipinski definition) is 1. The zero-order chi connectivity index (χ0) is 23.7. The standard InChI is InChI=1S/C27H29N5O2/c1-27(2)8-11-31(12-9-27)18-19-6-7-22-21(13-19)14-20(16-28-22)17-29-26(34)23-15-25(33)32-10-4-3-5-24(32)30-23/h3-7,10,13-16H,8-9,11-12,17-18H2,1-2H3,(H,29,34). The molecule has 34 heavy (non-hydrogen) atoms. The SMILES string of the molecule is CC1(C)CCN(Cc2ccc3ncc(CNC(=O)c4cc(=O)n5ccccc5n4)cc3c2)CC1. The Balaban J connectivity index is 1.27. The van der Waals surface area contributed by atoms with Crippen LogP contribution in [-0.2, 0) is 13.1 Å². The number of nitrogens with one attached hydrogen (secondary N) is 1. The summed E-state index contributed by atoms with van der Waals surface area (Å²) in [5.41, 5.74) is 3.82. The molecule has 0 bridgehead atoms. The van der Waals surface area contributed by atoms with Crippen LogP contribution in [0.2, 0.25) is 0 Å². The minimum absolute atomic E-state index is 0.108. The number of likely N-dealkylation sites (tertiary alicyclic amines) is 1. The predicted molar refractivity (Wildman–Crippen MR) is 133 cm³/mol. The van der Waals surface area contributed by atoms with Gasteiger partial charge in [-0.25, -0.2) is 4.98 Å². The molecule has 1 aliphatic rings. The molecule has 0 spiro atoms. The van der Waals surface area contributed by atoms with Crippen molar-refractivity contribution in [3.8, 4) is 0 Å². The van der Waals surface area contributed by atoms with Gasteiger partial charge in [-0.2, -0.15) is 0 Å². The maximum absolute atomic E-state index is 12.7. The maximum atomic E-state index is 12.7. The molecule has 1 amide bonds. The number of fused-ring (bicyclic) bond motifs is 2. The van der Waals surface area contributed by atoms with Crippen molar-refractivity contribution in [2.45, 2.75) is 39.8 Å². The van der Waals surface area contributed by atoms with E-state index in [4.69, 9.17) is 0 Å². The number of nitrogens with zero attached hydrogens (tertiary/aromatic N) is 4. The van der Waals surface area contributed by atoms with Crippen LogP contribution in [0.15, 0.2) is 65.7 Å². The Labute approximate surface area is 198 Å².